The lowest BCUT2D eigenvalue weighted by atomic mass is 10.5. The van der Waals surface area contributed by atoms with Crippen LogP contribution in [0.2, 0.25) is 0 Å². The van der Waals surface area contributed by atoms with Crippen LogP contribution in [0, 0.1) is 6.92 Å². The summed E-state index contributed by atoms with van der Waals surface area (Å²) in [6.45, 7) is 4.81. The van der Waals surface area contributed by atoms with Gasteiger partial charge in [-0.15, -0.1) is 0 Å². The molecule has 0 heterocycles. The Bertz CT molecular complexity index is 43.5. The SMILES string of the molecule is [CH]CC(=O)OC. The molecule has 0 bridgehead atoms. The molecule has 0 atom stereocenters. The van der Waals surface area contributed by atoms with Crippen molar-refractivity contribution in [1.29, 1.82) is 0 Å². The van der Waals surface area contributed by atoms with Gasteiger partial charge in [-0.1, -0.05) is 0 Å². The zero-order valence-electron chi connectivity index (χ0n) is 3.60. The molecule has 0 N–H and O–H groups in total. The van der Waals surface area contributed by atoms with Crippen molar-refractivity contribution in [2.75, 3.05) is 7.11 Å². The fraction of sp³-hybridized carbons (Fsp3) is 0.500. The molecule has 0 rings (SSSR count). The maximum Gasteiger partial charge on any atom is 0.305 e. The highest BCUT2D eigenvalue weighted by atomic mass is 16.5. The molecule has 0 saturated heterocycles. The molecular weight excluding hydrogens is 80.0 g/mol. The maximum atomic E-state index is 9.83. The summed E-state index contributed by atoms with van der Waals surface area (Å²) in [4.78, 5) is 9.83. The smallest absolute Gasteiger partial charge is 0.305 e. The summed E-state index contributed by atoms with van der Waals surface area (Å²) in [7, 11) is 1.30. The molecule has 2 heteroatoms. The summed E-state index contributed by atoms with van der Waals surface area (Å²) in [5.41, 5.74) is 0. The monoisotopic (exact) mass is 86.0 g/mol. The van der Waals surface area contributed by atoms with Gasteiger partial charge in [0.15, 0.2) is 0 Å². The van der Waals surface area contributed by atoms with Crippen LogP contribution in [0.1, 0.15) is 6.42 Å². The Morgan fingerprint density at radius 1 is 2.00 bits per heavy atom. The quantitative estimate of drug-likeness (QED) is 0.428. The van der Waals surface area contributed by atoms with Crippen molar-refractivity contribution < 1.29 is 9.53 Å². The van der Waals surface area contributed by atoms with Crippen molar-refractivity contribution in [2.24, 2.45) is 0 Å². The average Bonchev–Trinajstić information content (AvgIpc) is 1.65. The first-order valence-corrected chi connectivity index (χ1v) is 1.58. The molecule has 34 valence electrons. The van der Waals surface area contributed by atoms with Crippen LogP contribution in [0.5, 0.6) is 0 Å². The van der Waals surface area contributed by atoms with Crippen molar-refractivity contribution in [1.82, 2.24) is 0 Å². The van der Waals surface area contributed by atoms with E-state index in [2.05, 4.69) is 4.74 Å². The third kappa shape index (κ3) is 1.76. The van der Waals surface area contributed by atoms with Crippen LogP contribution >= 0.6 is 0 Å². The number of esters is 1. The van der Waals surface area contributed by atoms with E-state index in [1.54, 1.807) is 0 Å². The molecule has 0 aliphatic heterocycles. The van der Waals surface area contributed by atoms with E-state index < -0.39 is 0 Å². The normalized spacial score (nSPS) is 7.67. The molecular formula is C4H6O2. The third-order valence-corrected chi connectivity index (χ3v) is 0.394. The largest absolute Gasteiger partial charge is 0.469 e. The standard InChI is InChI=1S/C4H6O2/c1-3-4(5)6-2/h1H,3H2,2H3. The molecule has 0 aromatic heterocycles. The molecule has 0 aromatic rings. The maximum absolute atomic E-state index is 9.83. The molecule has 6 heavy (non-hydrogen) atoms. The minimum absolute atomic E-state index is 0.0312. The summed E-state index contributed by atoms with van der Waals surface area (Å²) in [6.07, 6.45) is -0.0312. The number of methoxy groups -OCH3 is 1. The highest BCUT2D eigenvalue weighted by molar-refractivity contribution is 5.69. The van der Waals surface area contributed by atoms with Gasteiger partial charge >= 0.3 is 5.97 Å². The van der Waals surface area contributed by atoms with Gasteiger partial charge in [0.05, 0.1) is 7.11 Å². The zero-order valence-corrected chi connectivity index (χ0v) is 3.60. The first-order valence-electron chi connectivity index (χ1n) is 1.58. The van der Waals surface area contributed by atoms with E-state index in [1.165, 1.54) is 7.11 Å². The number of hydrogen-bond donors (Lipinski definition) is 0. The average molecular weight is 86.1 g/mol. The van der Waals surface area contributed by atoms with Gasteiger partial charge in [0, 0.05) is 6.42 Å². The van der Waals surface area contributed by atoms with E-state index in [4.69, 9.17) is 6.92 Å². The van der Waals surface area contributed by atoms with Gasteiger partial charge in [-0.3, -0.25) is 4.79 Å². The van der Waals surface area contributed by atoms with Crippen LogP contribution in [-0.2, 0) is 9.53 Å². The Kier molecular flexibility index (Phi) is 2.46. The Hall–Kier alpha value is -0.530. The van der Waals surface area contributed by atoms with E-state index in [0.717, 1.165) is 0 Å². The van der Waals surface area contributed by atoms with Gasteiger partial charge < -0.3 is 4.74 Å². The van der Waals surface area contributed by atoms with Crippen molar-refractivity contribution in [3.8, 4) is 0 Å². The predicted molar refractivity (Wildman–Crippen MR) is 20.9 cm³/mol. The Morgan fingerprint density at radius 3 is 2.50 bits per heavy atom. The second kappa shape index (κ2) is 2.69. The second-order valence-corrected chi connectivity index (χ2v) is 0.780. The van der Waals surface area contributed by atoms with E-state index in [1.807, 2.05) is 0 Å². The van der Waals surface area contributed by atoms with Crippen molar-refractivity contribution in [3.63, 3.8) is 0 Å². The van der Waals surface area contributed by atoms with E-state index in [9.17, 15) is 4.79 Å². The summed E-state index contributed by atoms with van der Waals surface area (Å²) < 4.78 is 4.14. The molecule has 0 aliphatic carbocycles. The third-order valence-electron chi connectivity index (χ3n) is 0.394. The van der Waals surface area contributed by atoms with Crippen LogP contribution < -0.4 is 0 Å². The van der Waals surface area contributed by atoms with Gasteiger partial charge in [0.1, 0.15) is 0 Å². The number of carbonyl (C=O) groups is 1. The second-order valence-electron chi connectivity index (χ2n) is 0.780. The molecule has 0 spiro atoms. The highest BCUT2D eigenvalue weighted by Gasteiger charge is 1.87. The Labute approximate surface area is 37.1 Å². The molecule has 0 aromatic carbocycles. The van der Waals surface area contributed by atoms with E-state index in [-0.39, 0.29) is 12.4 Å². The predicted octanol–water partition coefficient (Wildman–Crippen LogP) is 0.261. The van der Waals surface area contributed by atoms with Gasteiger partial charge in [0.2, 0.25) is 0 Å². The number of ether oxygens (including phenoxy) is 1. The van der Waals surface area contributed by atoms with Gasteiger partial charge in [-0.05, 0) is 6.92 Å². The summed E-state index contributed by atoms with van der Waals surface area (Å²) >= 11 is 0. The van der Waals surface area contributed by atoms with Gasteiger partial charge in [-0.25, -0.2) is 0 Å². The first kappa shape index (κ1) is 5.47. The van der Waals surface area contributed by atoms with Crippen LogP contribution in [0.15, 0.2) is 0 Å². The summed E-state index contributed by atoms with van der Waals surface area (Å²) in [5, 5.41) is 0. The number of hydrogen-bond acceptors (Lipinski definition) is 2. The van der Waals surface area contributed by atoms with Crippen LogP contribution in [-0.4, -0.2) is 13.1 Å². The van der Waals surface area contributed by atoms with Gasteiger partial charge in [0.25, 0.3) is 0 Å². The van der Waals surface area contributed by atoms with E-state index >= 15 is 0 Å². The van der Waals surface area contributed by atoms with Crippen molar-refractivity contribution in [2.45, 2.75) is 6.42 Å². The first-order chi connectivity index (χ1) is 2.81. The van der Waals surface area contributed by atoms with Crippen LogP contribution in [0.25, 0.3) is 0 Å². The van der Waals surface area contributed by atoms with Crippen molar-refractivity contribution in [3.05, 3.63) is 6.92 Å². The van der Waals surface area contributed by atoms with Crippen LogP contribution in [0.4, 0.5) is 0 Å². The molecule has 0 amide bonds. The lowest BCUT2D eigenvalue weighted by Crippen LogP contribution is -1.95. The van der Waals surface area contributed by atoms with Crippen LogP contribution in [0.3, 0.4) is 0 Å². The molecule has 0 saturated carbocycles. The molecule has 0 aliphatic rings. The highest BCUT2D eigenvalue weighted by Crippen LogP contribution is 1.75. The zero-order chi connectivity index (χ0) is 4.99. The molecule has 2 radical (unpaired) electrons. The minimum Gasteiger partial charge on any atom is -0.469 e. The van der Waals surface area contributed by atoms with Gasteiger partial charge in [-0.2, -0.15) is 0 Å². The number of carbonyl (C=O) groups excluding carboxylic acids is 1. The Morgan fingerprint density at radius 2 is 2.50 bits per heavy atom. The van der Waals surface area contributed by atoms with E-state index in [0.29, 0.717) is 0 Å². The number of rotatable bonds is 1. The molecule has 0 unspecified atom stereocenters. The summed E-state index contributed by atoms with van der Waals surface area (Å²) in [6, 6.07) is 0. The summed E-state index contributed by atoms with van der Waals surface area (Å²) in [5.74, 6) is -0.380. The minimum atomic E-state index is -0.380. The topological polar surface area (TPSA) is 26.3 Å². The lowest BCUT2D eigenvalue weighted by Gasteiger charge is -1.86. The molecule has 0 fully saturated rings. The lowest BCUT2D eigenvalue weighted by molar-refractivity contribution is -0.139. The van der Waals surface area contributed by atoms with Crippen molar-refractivity contribution >= 4 is 5.97 Å². The fourth-order valence-electron chi connectivity index (χ4n) is 0.0833. The Balaban J connectivity index is 2.99. The fourth-order valence-corrected chi connectivity index (χ4v) is 0.0833. The molecule has 2 nitrogen and oxygen atoms in total.